The lowest BCUT2D eigenvalue weighted by atomic mass is 10.1. The molecule has 0 aliphatic rings. The number of ether oxygens (including phenoxy) is 2. The standard InChI is InChI=1S/C17H14F2N2O3/c1-10-3-4-11(7-13(10)18)17-20-16(24-21-17)9-23-12-5-6-15(22-2)14(19)8-12/h3-8H,9H2,1-2H3. The molecule has 0 fully saturated rings. The topological polar surface area (TPSA) is 57.4 Å². The number of methoxy groups -OCH3 is 1. The van der Waals surface area contributed by atoms with Gasteiger partial charge in [0.2, 0.25) is 5.82 Å². The first kappa shape index (κ1) is 15.9. The molecule has 0 spiro atoms. The fourth-order valence-electron chi connectivity index (χ4n) is 2.04. The summed E-state index contributed by atoms with van der Waals surface area (Å²) in [5.74, 6) is 0.00836. The van der Waals surface area contributed by atoms with Crippen molar-refractivity contribution in [3.63, 3.8) is 0 Å². The molecule has 0 bridgehead atoms. The van der Waals surface area contributed by atoms with Gasteiger partial charge in [-0.05, 0) is 30.7 Å². The van der Waals surface area contributed by atoms with Crippen LogP contribution >= 0.6 is 0 Å². The summed E-state index contributed by atoms with van der Waals surface area (Å²) in [5.41, 5.74) is 1.04. The molecule has 0 atom stereocenters. The van der Waals surface area contributed by atoms with Crippen LogP contribution in [0.3, 0.4) is 0 Å². The zero-order chi connectivity index (χ0) is 17.1. The van der Waals surface area contributed by atoms with Gasteiger partial charge in [0, 0.05) is 11.6 Å². The molecule has 3 aromatic rings. The summed E-state index contributed by atoms with van der Waals surface area (Å²) in [6, 6.07) is 8.90. The molecule has 124 valence electrons. The van der Waals surface area contributed by atoms with Crippen molar-refractivity contribution in [1.82, 2.24) is 10.1 Å². The van der Waals surface area contributed by atoms with Gasteiger partial charge in [0.15, 0.2) is 18.2 Å². The Bertz CT molecular complexity index is 865. The van der Waals surface area contributed by atoms with Gasteiger partial charge in [0.05, 0.1) is 7.11 Å². The van der Waals surface area contributed by atoms with E-state index in [4.69, 9.17) is 14.0 Å². The Kier molecular flexibility index (Phi) is 4.41. The number of aryl methyl sites for hydroxylation is 1. The third-order valence-electron chi connectivity index (χ3n) is 3.38. The molecule has 5 nitrogen and oxygen atoms in total. The van der Waals surface area contributed by atoms with Crippen molar-refractivity contribution >= 4 is 0 Å². The highest BCUT2D eigenvalue weighted by atomic mass is 19.1. The minimum atomic E-state index is -0.531. The summed E-state index contributed by atoms with van der Waals surface area (Å²) in [7, 11) is 1.38. The lowest BCUT2D eigenvalue weighted by molar-refractivity contribution is 0.241. The maximum absolute atomic E-state index is 13.6. The van der Waals surface area contributed by atoms with Crippen LogP contribution in [0, 0.1) is 18.6 Å². The predicted molar refractivity (Wildman–Crippen MR) is 81.7 cm³/mol. The Labute approximate surface area is 136 Å². The van der Waals surface area contributed by atoms with E-state index in [2.05, 4.69) is 10.1 Å². The number of nitrogens with zero attached hydrogens (tertiary/aromatic N) is 2. The van der Waals surface area contributed by atoms with Crippen LogP contribution < -0.4 is 9.47 Å². The minimum absolute atomic E-state index is 0.0346. The van der Waals surface area contributed by atoms with Crippen LogP contribution in [0.4, 0.5) is 8.78 Å². The molecule has 0 N–H and O–H groups in total. The van der Waals surface area contributed by atoms with Crippen molar-refractivity contribution in [3.8, 4) is 22.9 Å². The first-order valence-electron chi connectivity index (χ1n) is 7.12. The van der Waals surface area contributed by atoms with Gasteiger partial charge in [-0.25, -0.2) is 8.78 Å². The molecule has 0 unspecified atom stereocenters. The Morgan fingerprint density at radius 1 is 1.08 bits per heavy atom. The van der Waals surface area contributed by atoms with Crippen molar-refractivity contribution in [3.05, 3.63) is 59.5 Å². The molecular weight excluding hydrogens is 318 g/mol. The summed E-state index contributed by atoms with van der Waals surface area (Å²) < 4.78 is 42.5. The summed E-state index contributed by atoms with van der Waals surface area (Å²) in [4.78, 5) is 4.13. The second-order valence-corrected chi connectivity index (χ2v) is 5.06. The van der Waals surface area contributed by atoms with Gasteiger partial charge in [-0.3, -0.25) is 0 Å². The van der Waals surface area contributed by atoms with Crippen LogP contribution in [0.1, 0.15) is 11.5 Å². The third-order valence-corrected chi connectivity index (χ3v) is 3.38. The van der Waals surface area contributed by atoms with Crippen molar-refractivity contribution in [1.29, 1.82) is 0 Å². The van der Waals surface area contributed by atoms with Crippen LogP contribution in [0.15, 0.2) is 40.9 Å². The molecular formula is C17H14F2N2O3. The van der Waals surface area contributed by atoms with E-state index in [-0.39, 0.29) is 29.9 Å². The second kappa shape index (κ2) is 6.66. The number of hydrogen-bond donors (Lipinski definition) is 0. The molecule has 0 amide bonds. The molecule has 7 heteroatoms. The molecule has 0 aliphatic carbocycles. The van der Waals surface area contributed by atoms with E-state index in [1.54, 1.807) is 25.1 Å². The Hall–Kier alpha value is -2.96. The fraction of sp³-hybridized carbons (Fsp3) is 0.176. The lowest BCUT2D eigenvalue weighted by Crippen LogP contribution is -1.97. The van der Waals surface area contributed by atoms with Crippen LogP contribution in [-0.2, 0) is 6.61 Å². The summed E-state index contributed by atoms with van der Waals surface area (Å²) in [6.07, 6.45) is 0. The lowest BCUT2D eigenvalue weighted by Gasteiger charge is -2.05. The number of rotatable bonds is 5. The van der Waals surface area contributed by atoms with Crippen LogP contribution in [0.5, 0.6) is 11.5 Å². The summed E-state index contributed by atoms with van der Waals surface area (Å²) in [5, 5.41) is 3.79. The van der Waals surface area contributed by atoms with E-state index < -0.39 is 5.82 Å². The first-order chi connectivity index (χ1) is 11.6. The normalized spacial score (nSPS) is 10.7. The van der Waals surface area contributed by atoms with Crippen molar-refractivity contribution < 1.29 is 22.8 Å². The zero-order valence-corrected chi connectivity index (χ0v) is 13.0. The molecule has 0 aliphatic heterocycles. The molecule has 3 rings (SSSR count). The molecule has 0 saturated carbocycles. The van der Waals surface area contributed by atoms with Gasteiger partial charge in [-0.2, -0.15) is 4.98 Å². The highest BCUT2D eigenvalue weighted by molar-refractivity contribution is 5.54. The minimum Gasteiger partial charge on any atom is -0.494 e. The van der Waals surface area contributed by atoms with Gasteiger partial charge in [-0.1, -0.05) is 17.3 Å². The quantitative estimate of drug-likeness (QED) is 0.709. The van der Waals surface area contributed by atoms with Crippen molar-refractivity contribution in [2.45, 2.75) is 13.5 Å². The Morgan fingerprint density at radius 3 is 2.62 bits per heavy atom. The maximum Gasteiger partial charge on any atom is 0.264 e. The predicted octanol–water partition coefficient (Wildman–Crippen LogP) is 3.91. The van der Waals surface area contributed by atoms with E-state index in [1.807, 2.05) is 0 Å². The van der Waals surface area contributed by atoms with E-state index >= 15 is 0 Å². The molecule has 2 aromatic carbocycles. The smallest absolute Gasteiger partial charge is 0.264 e. The average molecular weight is 332 g/mol. The Balaban J connectivity index is 1.70. The largest absolute Gasteiger partial charge is 0.494 e. The van der Waals surface area contributed by atoms with Crippen LogP contribution in [0.25, 0.3) is 11.4 Å². The molecule has 0 radical (unpaired) electrons. The number of aromatic nitrogens is 2. The summed E-state index contributed by atoms with van der Waals surface area (Å²) >= 11 is 0. The molecule has 1 heterocycles. The van der Waals surface area contributed by atoms with Gasteiger partial charge in [-0.15, -0.1) is 0 Å². The van der Waals surface area contributed by atoms with Gasteiger partial charge in [0.1, 0.15) is 11.6 Å². The summed E-state index contributed by atoms with van der Waals surface area (Å²) in [6.45, 7) is 1.63. The second-order valence-electron chi connectivity index (χ2n) is 5.06. The van der Waals surface area contributed by atoms with Crippen molar-refractivity contribution in [2.24, 2.45) is 0 Å². The van der Waals surface area contributed by atoms with Crippen molar-refractivity contribution in [2.75, 3.05) is 7.11 Å². The first-order valence-corrected chi connectivity index (χ1v) is 7.12. The van der Waals surface area contributed by atoms with Gasteiger partial charge >= 0.3 is 0 Å². The van der Waals surface area contributed by atoms with Crippen LogP contribution in [-0.4, -0.2) is 17.3 Å². The fourth-order valence-corrected chi connectivity index (χ4v) is 2.04. The Morgan fingerprint density at radius 2 is 1.92 bits per heavy atom. The molecule has 0 saturated heterocycles. The SMILES string of the molecule is COc1ccc(OCc2nc(-c3ccc(C)c(F)c3)no2)cc1F. The average Bonchev–Trinajstić information content (AvgIpc) is 3.04. The number of halogens is 2. The van der Waals surface area contributed by atoms with Gasteiger partial charge < -0.3 is 14.0 Å². The van der Waals surface area contributed by atoms with E-state index in [1.165, 1.54) is 25.3 Å². The van der Waals surface area contributed by atoms with E-state index in [0.717, 1.165) is 0 Å². The van der Waals surface area contributed by atoms with E-state index in [0.29, 0.717) is 16.9 Å². The zero-order valence-electron chi connectivity index (χ0n) is 13.0. The maximum atomic E-state index is 13.6. The molecule has 24 heavy (non-hydrogen) atoms. The third kappa shape index (κ3) is 3.34. The van der Waals surface area contributed by atoms with Crippen LogP contribution in [0.2, 0.25) is 0 Å². The monoisotopic (exact) mass is 332 g/mol. The number of benzene rings is 2. The van der Waals surface area contributed by atoms with E-state index in [9.17, 15) is 8.78 Å². The molecule has 1 aromatic heterocycles. The highest BCUT2D eigenvalue weighted by Gasteiger charge is 2.11. The van der Waals surface area contributed by atoms with Gasteiger partial charge in [0.25, 0.3) is 5.89 Å². The number of hydrogen-bond acceptors (Lipinski definition) is 5. The highest BCUT2D eigenvalue weighted by Crippen LogP contribution is 2.23.